The van der Waals surface area contributed by atoms with Crippen LogP contribution in [0.4, 0.5) is 0 Å². The number of carbonyl (C=O) groups excluding carboxylic acids is 3. The summed E-state index contributed by atoms with van der Waals surface area (Å²) in [5, 5.41) is 36.9. The molecule has 0 saturated carbocycles. The van der Waals surface area contributed by atoms with Crippen LogP contribution in [0.25, 0.3) is 0 Å². The van der Waals surface area contributed by atoms with E-state index in [1.54, 1.807) is 6.26 Å². The summed E-state index contributed by atoms with van der Waals surface area (Å²) >= 11 is 1.35. The maximum atomic E-state index is 12.6. The molecule has 1 saturated heterocycles. The van der Waals surface area contributed by atoms with Crippen molar-refractivity contribution >= 4 is 47.4 Å². The van der Waals surface area contributed by atoms with Crippen molar-refractivity contribution in [3.8, 4) is 0 Å². The molecule has 3 amide bonds. The van der Waals surface area contributed by atoms with Crippen LogP contribution in [-0.2, 0) is 28.8 Å². The van der Waals surface area contributed by atoms with Gasteiger partial charge in [0.25, 0.3) is 0 Å². The van der Waals surface area contributed by atoms with E-state index in [9.17, 15) is 33.9 Å². The van der Waals surface area contributed by atoms with E-state index in [1.807, 2.05) is 0 Å². The van der Waals surface area contributed by atoms with Crippen molar-refractivity contribution in [2.24, 2.45) is 0 Å². The summed E-state index contributed by atoms with van der Waals surface area (Å²) in [5.74, 6) is -6.47. The molecule has 1 heterocycles. The summed E-state index contributed by atoms with van der Waals surface area (Å²) in [5.41, 5.74) is 0. The van der Waals surface area contributed by atoms with Gasteiger partial charge in [-0.2, -0.15) is 11.8 Å². The first-order valence-electron chi connectivity index (χ1n) is 9.85. The van der Waals surface area contributed by atoms with Crippen LogP contribution in [0.2, 0.25) is 0 Å². The second-order valence-corrected chi connectivity index (χ2v) is 8.13. The van der Waals surface area contributed by atoms with Crippen LogP contribution < -0.4 is 21.3 Å². The number of hydrogen-bond donors (Lipinski definition) is 7. The van der Waals surface area contributed by atoms with Gasteiger partial charge in [0.1, 0.15) is 18.1 Å². The zero-order valence-electron chi connectivity index (χ0n) is 17.5. The molecule has 32 heavy (non-hydrogen) atoms. The third kappa shape index (κ3) is 9.51. The van der Waals surface area contributed by atoms with Crippen LogP contribution in [0.3, 0.4) is 0 Å². The van der Waals surface area contributed by atoms with Crippen molar-refractivity contribution in [3.63, 3.8) is 0 Å². The zero-order chi connectivity index (χ0) is 24.3. The number of hydrogen-bond acceptors (Lipinski definition) is 8. The minimum absolute atomic E-state index is 0.0715. The number of rotatable bonds is 14. The normalized spacial score (nSPS) is 18.1. The first-order chi connectivity index (χ1) is 15.0. The van der Waals surface area contributed by atoms with Gasteiger partial charge in [-0.15, -0.1) is 0 Å². The number of thioether (sulfide) groups is 1. The molecule has 1 rings (SSSR count). The average Bonchev–Trinajstić information content (AvgIpc) is 3.23. The summed E-state index contributed by atoms with van der Waals surface area (Å²) in [6.45, 7) is 0.593. The van der Waals surface area contributed by atoms with Gasteiger partial charge >= 0.3 is 17.9 Å². The number of carboxylic acids is 3. The Balaban J connectivity index is 2.91. The molecule has 4 atom stereocenters. The quantitative estimate of drug-likeness (QED) is 0.145. The number of amides is 3. The number of carbonyl (C=O) groups is 6. The maximum absolute atomic E-state index is 12.6. The van der Waals surface area contributed by atoms with Gasteiger partial charge in [-0.3, -0.25) is 24.0 Å². The van der Waals surface area contributed by atoms with Crippen molar-refractivity contribution in [2.45, 2.75) is 56.3 Å². The lowest BCUT2D eigenvalue weighted by molar-refractivity contribution is -0.145. The molecule has 0 aliphatic carbocycles. The second-order valence-electron chi connectivity index (χ2n) is 7.15. The molecule has 14 heteroatoms. The van der Waals surface area contributed by atoms with Gasteiger partial charge in [-0.25, -0.2) is 4.79 Å². The van der Waals surface area contributed by atoms with E-state index in [0.29, 0.717) is 18.7 Å². The Hall–Kier alpha value is -2.87. The molecule has 1 fully saturated rings. The fraction of sp³-hybridized carbons (Fsp3) is 0.667. The maximum Gasteiger partial charge on any atom is 0.326 e. The lowest BCUT2D eigenvalue weighted by atomic mass is 10.1. The number of aliphatic carboxylic acids is 3. The lowest BCUT2D eigenvalue weighted by Gasteiger charge is -2.24. The van der Waals surface area contributed by atoms with Crippen molar-refractivity contribution in [3.05, 3.63) is 0 Å². The molecule has 1 aliphatic rings. The lowest BCUT2D eigenvalue weighted by Crippen LogP contribution is -2.57. The van der Waals surface area contributed by atoms with E-state index >= 15 is 0 Å². The Morgan fingerprint density at radius 2 is 1.44 bits per heavy atom. The van der Waals surface area contributed by atoms with Gasteiger partial charge in [0.05, 0.1) is 18.9 Å². The molecule has 0 aromatic carbocycles. The highest BCUT2D eigenvalue weighted by Gasteiger charge is 2.33. The van der Waals surface area contributed by atoms with E-state index in [0.717, 1.165) is 6.42 Å². The summed E-state index contributed by atoms with van der Waals surface area (Å²) in [6, 6.07) is -5.12. The number of carboxylic acid groups (broad SMARTS) is 3. The van der Waals surface area contributed by atoms with Crippen LogP contribution in [0, 0.1) is 0 Å². The summed E-state index contributed by atoms with van der Waals surface area (Å²) < 4.78 is 0. The summed E-state index contributed by atoms with van der Waals surface area (Å²) in [7, 11) is 0. The molecular weight excluding hydrogens is 448 g/mol. The molecule has 0 spiro atoms. The van der Waals surface area contributed by atoms with E-state index in [1.165, 1.54) is 11.8 Å². The Morgan fingerprint density at radius 3 is 1.88 bits per heavy atom. The highest BCUT2D eigenvalue weighted by atomic mass is 32.2. The standard InChI is InChI=1S/C18H28N4O9S/c1-32-6-4-10(18(30)31)20-16(28)11(7-13(23)24)22-17(29)12(8-14(25)26)21-15(27)9-3-2-5-19-9/h9-12,19H,2-8H2,1H3,(H,20,28)(H,21,27)(H,22,29)(H,23,24)(H,25,26)(H,30,31). The van der Waals surface area contributed by atoms with Crippen LogP contribution in [0.15, 0.2) is 0 Å². The van der Waals surface area contributed by atoms with Crippen LogP contribution >= 0.6 is 11.8 Å². The summed E-state index contributed by atoms with van der Waals surface area (Å²) in [6.07, 6.45) is 1.38. The van der Waals surface area contributed by atoms with Crippen molar-refractivity contribution in [1.29, 1.82) is 0 Å². The smallest absolute Gasteiger partial charge is 0.326 e. The Morgan fingerprint density at radius 1 is 0.906 bits per heavy atom. The largest absolute Gasteiger partial charge is 0.481 e. The van der Waals surface area contributed by atoms with Gasteiger partial charge in [0, 0.05) is 0 Å². The molecule has 13 nitrogen and oxygen atoms in total. The Kier molecular flexibility index (Phi) is 11.5. The molecular formula is C18H28N4O9S. The SMILES string of the molecule is CSCCC(NC(=O)C(CC(=O)O)NC(=O)C(CC(=O)O)NC(=O)C1CCCN1)C(=O)O. The number of nitrogens with one attached hydrogen (secondary N) is 4. The predicted molar refractivity (Wildman–Crippen MR) is 112 cm³/mol. The highest BCUT2D eigenvalue weighted by molar-refractivity contribution is 7.98. The predicted octanol–water partition coefficient (Wildman–Crippen LogP) is -2.02. The fourth-order valence-electron chi connectivity index (χ4n) is 2.99. The van der Waals surface area contributed by atoms with Gasteiger partial charge in [0.2, 0.25) is 17.7 Å². The van der Waals surface area contributed by atoms with E-state index in [4.69, 9.17) is 10.2 Å². The van der Waals surface area contributed by atoms with Gasteiger partial charge in [-0.1, -0.05) is 0 Å². The minimum Gasteiger partial charge on any atom is -0.481 e. The first-order valence-corrected chi connectivity index (χ1v) is 11.2. The molecule has 7 N–H and O–H groups in total. The molecule has 0 aromatic heterocycles. The minimum atomic E-state index is -1.67. The molecule has 4 unspecified atom stereocenters. The molecule has 1 aliphatic heterocycles. The third-order valence-electron chi connectivity index (χ3n) is 4.63. The molecule has 0 radical (unpaired) electrons. The Labute approximate surface area is 188 Å². The first kappa shape index (κ1) is 27.2. The average molecular weight is 477 g/mol. The van der Waals surface area contributed by atoms with E-state index in [2.05, 4.69) is 21.3 Å². The fourth-order valence-corrected chi connectivity index (χ4v) is 3.46. The molecule has 0 aromatic rings. The zero-order valence-corrected chi connectivity index (χ0v) is 18.3. The summed E-state index contributed by atoms with van der Waals surface area (Å²) in [4.78, 5) is 71.0. The molecule has 0 bridgehead atoms. The highest BCUT2D eigenvalue weighted by Crippen LogP contribution is 2.07. The van der Waals surface area contributed by atoms with Gasteiger partial charge in [-0.05, 0) is 37.8 Å². The van der Waals surface area contributed by atoms with Crippen molar-refractivity contribution in [1.82, 2.24) is 21.3 Å². The topological polar surface area (TPSA) is 211 Å². The molecule has 180 valence electrons. The van der Waals surface area contributed by atoms with E-state index < -0.39 is 72.6 Å². The van der Waals surface area contributed by atoms with Crippen molar-refractivity contribution < 1.29 is 44.1 Å². The van der Waals surface area contributed by atoms with Crippen LogP contribution in [0.1, 0.15) is 32.1 Å². The van der Waals surface area contributed by atoms with E-state index in [-0.39, 0.29) is 6.42 Å². The second kappa shape index (κ2) is 13.5. The van der Waals surface area contributed by atoms with Crippen molar-refractivity contribution in [2.75, 3.05) is 18.6 Å². The van der Waals surface area contributed by atoms with Crippen LogP contribution in [0.5, 0.6) is 0 Å². The van der Waals surface area contributed by atoms with Gasteiger partial charge < -0.3 is 36.6 Å². The van der Waals surface area contributed by atoms with Gasteiger partial charge in [0.15, 0.2) is 0 Å². The Bertz CT molecular complexity index is 727. The van der Waals surface area contributed by atoms with Crippen LogP contribution in [-0.4, -0.2) is 93.7 Å². The third-order valence-corrected chi connectivity index (χ3v) is 5.27. The monoisotopic (exact) mass is 476 g/mol.